The molecule has 0 saturated carbocycles. The van der Waals surface area contributed by atoms with E-state index in [0.717, 1.165) is 22.3 Å². The first kappa shape index (κ1) is 23.6. The predicted molar refractivity (Wildman–Crippen MR) is 135 cm³/mol. The Balaban J connectivity index is 1.39. The van der Waals surface area contributed by atoms with E-state index in [1.54, 1.807) is 24.3 Å². The van der Waals surface area contributed by atoms with Crippen molar-refractivity contribution in [2.24, 2.45) is 17.8 Å². The van der Waals surface area contributed by atoms with E-state index in [1.165, 1.54) is 4.90 Å². The van der Waals surface area contributed by atoms with E-state index in [1.807, 2.05) is 50.3 Å². The van der Waals surface area contributed by atoms with Crippen molar-refractivity contribution in [1.82, 2.24) is 0 Å². The highest BCUT2D eigenvalue weighted by molar-refractivity contribution is 6.43. The molecule has 2 fully saturated rings. The van der Waals surface area contributed by atoms with Crippen LogP contribution >= 0.6 is 0 Å². The second-order valence-electron chi connectivity index (χ2n) is 9.93. The molecule has 2 saturated heterocycles. The maximum absolute atomic E-state index is 13.6. The molecule has 3 aliphatic rings. The average Bonchev–Trinajstić information content (AvgIpc) is 3.09. The van der Waals surface area contributed by atoms with Gasteiger partial charge in [-0.25, -0.2) is 0 Å². The highest BCUT2D eigenvalue weighted by atomic mass is 16.5. The molecule has 0 bridgehead atoms. The first-order valence-electron chi connectivity index (χ1n) is 12.3. The number of carbonyl (C=O) groups is 2. The van der Waals surface area contributed by atoms with Crippen LogP contribution in [0.25, 0.3) is 6.08 Å². The number of phenolic OH excluding ortho intramolecular Hbond substituents is 1. The summed E-state index contributed by atoms with van der Waals surface area (Å²) in [6.07, 6.45) is 3.86. The monoisotopic (exact) mass is 471 g/mol. The van der Waals surface area contributed by atoms with Gasteiger partial charge in [0, 0.05) is 5.56 Å². The van der Waals surface area contributed by atoms with Crippen molar-refractivity contribution in [3.63, 3.8) is 0 Å². The summed E-state index contributed by atoms with van der Waals surface area (Å²) in [5.74, 6) is -1.17. The maximum Gasteiger partial charge on any atom is 0.455 e. The van der Waals surface area contributed by atoms with Crippen LogP contribution in [0, 0.1) is 17.8 Å². The van der Waals surface area contributed by atoms with E-state index >= 15 is 0 Å². The number of anilines is 1. The summed E-state index contributed by atoms with van der Waals surface area (Å²) >= 11 is 0. The summed E-state index contributed by atoms with van der Waals surface area (Å²) in [5.41, 5.74) is 4.61. The zero-order valence-electron chi connectivity index (χ0n) is 20.1. The number of hydrogen-bond donors (Lipinski definition) is 2. The number of benzene rings is 2. The standard InChI is InChI=1S/C28H30BNO5/c1-17(14-19-8-6-7-11-23(19)31)12-13-24-25-18(2)15-21-26(22(25)16-29(34)35-24)28(33)30(27(21)32)20-9-4-3-5-10-20/h3-11,14,21-22,24,26,31,34H,12-13,15-16H2,1-2H3/b17-14+/t21-,22+,24-,26-/m1/s1. The number of hydrogen-bond acceptors (Lipinski definition) is 5. The highest BCUT2D eigenvalue weighted by Gasteiger charge is 2.57. The second kappa shape index (κ2) is 9.48. The molecule has 35 heavy (non-hydrogen) atoms. The SMILES string of the molecule is CC1=C2[C@@H](CC/C(C)=C/c3ccccc3O)OB(O)C[C@@H]2[C@@H]2C(=O)N(c3ccccc3)C(=O)[C@@H]2C1. The lowest BCUT2D eigenvalue weighted by molar-refractivity contribution is -0.122. The molecule has 0 aromatic heterocycles. The summed E-state index contributed by atoms with van der Waals surface area (Å²) in [6.45, 7) is 4.04. The number of fused-ring (bicyclic) bond motifs is 3. The van der Waals surface area contributed by atoms with Gasteiger partial charge < -0.3 is 14.8 Å². The largest absolute Gasteiger partial charge is 0.507 e. The lowest BCUT2D eigenvalue weighted by Gasteiger charge is -2.42. The number of imide groups is 1. The van der Waals surface area contributed by atoms with Crippen LogP contribution in [0.5, 0.6) is 5.75 Å². The molecule has 2 heterocycles. The fourth-order valence-electron chi connectivity index (χ4n) is 6.06. The van der Waals surface area contributed by atoms with E-state index in [0.29, 0.717) is 31.3 Å². The Morgan fingerprint density at radius 2 is 1.80 bits per heavy atom. The van der Waals surface area contributed by atoms with Crippen molar-refractivity contribution in [2.45, 2.75) is 45.5 Å². The lowest BCUT2D eigenvalue weighted by atomic mass is 9.59. The van der Waals surface area contributed by atoms with Crippen molar-refractivity contribution in [1.29, 1.82) is 0 Å². The fourth-order valence-corrected chi connectivity index (χ4v) is 6.06. The number of aromatic hydroxyl groups is 1. The topological polar surface area (TPSA) is 87.1 Å². The first-order chi connectivity index (χ1) is 16.8. The number of rotatable bonds is 5. The number of nitrogens with zero attached hydrogens (tertiary/aromatic N) is 1. The lowest BCUT2D eigenvalue weighted by Crippen LogP contribution is -2.46. The summed E-state index contributed by atoms with van der Waals surface area (Å²) in [6, 6.07) is 16.3. The molecule has 0 unspecified atom stereocenters. The van der Waals surface area contributed by atoms with Gasteiger partial charge in [-0.1, -0.05) is 53.6 Å². The van der Waals surface area contributed by atoms with E-state index in [4.69, 9.17) is 4.65 Å². The Morgan fingerprint density at radius 3 is 2.54 bits per heavy atom. The van der Waals surface area contributed by atoms with Crippen molar-refractivity contribution < 1.29 is 24.4 Å². The van der Waals surface area contributed by atoms with Crippen LogP contribution in [0.1, 0.15) is 38.7 Å². The van der Waals surface area contributed by atoms with Gasteiger partial charge in [0.25, 0.3) is 0 Å². The normalized spacial score (nSPS) is 26.8. The molecule has 2 aromatic rings. The molecule has 7 heteroatoms. The minimum Gasteiger partial charge on any atom is -0.507 e. The number of carbonyl (C=O) groups excluding carboxylic acids is 2. The Bertz CT molecular complexity index is 1210. The molecule has 1 aliphatic carbocycles. The third-order valence-electron chi connectivity index (χ3n) is 7.61. The van der Waals surface area contributed by atoms with Crippen molar-refractivity contribution in [3.05, 3.63) is 76.9 Å². The molecule has 0 spiro atoms. The van der Waals surface area contributed by atoms with Gasteiger partial charge in [0.2, 0.25) is 11.8 Å². The van der Waals surface area contributed by atoms with Crippen LogP contribution in [0.2, 0.25) is 6.32 Å². The number of para-hydroxylation sites is 2. The van der Waals surface area contributed by atoms with Crippen LogP contribution in [-0.4, -0.2) is 35.2 Å². The average molecular weight is 471 g/mol. The molecular formula is C28H30BNO5. The quantitative estimate of drug-likeness (QED) is 0.378. The molecule has 6 nitrogen and oxygen atoms in total. The Labute approximate surface area is 206 Å². The summed E-state index contributed by atoms with van der Waals surface area (Å²) in [7, 11) is -0.976. The summed E-state index contributed by atoms with van der Waals surface area (Å²) in [5, 5.41) is 20.7. The molecule has 2 N–H and O–H groups in total. The Kier molecular flexibility index (Phi) is 6.38. The van der Waals surface area contributed by atoms with Gasteiger partial charge in [-0.2, -0.15) is 0 Å². The second-order valence-corrected chi connectivity index (χ2v) is 9.93. The van der Waals surface area contributed by atoms with Crippen molar-refractivity contribution in [2.75, 3.05) is 4.90 Å². The van der Waals surface area contributed by atoms with Crippen molar-refractivity contribution >= 4 is 30.7 Å². The third-order valence-corrected chi connectivity index (χ3v) is 7.61. The predicted octanol–water partition coefficient (Wildman–Crippen LogP) is 4.60. The third kappa shape index (κ3) is 4.35. The number of allylic oxidation sites excluding steroid dienone is 2. The number of amides is 2. The van der Waals surface area contributed by atoms with Crippen LogP contribution in [0.4, 0.5) is 5.69 Å². The first-order valence-corrected chi connectivity index (χ1v) is 12.3. The minimum absolute atomic E-state index is 0.149. The van der Waals surface area contributed by atoms with Gasteiger partial charge in [0.1, 0.15) is 5.75 Å². The Hall–Kier alpha value is -3.16. The van der Waals surface area contributed by atoms with E-state index in [-0.39, 0.29) is 29.6 Å². The molecule has 4 atom stereocenters. The molecule has 5 rings (SSSR count). The molecule has 0 radical (unpaired) electrons. The van der Waals surface area contributed by atoms with Gasteiger partial charge in [0.15, 0.2) is 0 Å². The minimum atomic E-state index is -0.976. The van der Waals surface area contributed by atoms with Crippen LogP contribution in [0.15, 0.2) is 71.3 Å². The van der Waals surface area contributed by atoms with Gasteiger partial charge in [-0.3, -0.25) is 14.5 Å². The zero-order chi connectivity index (χ0) is 24.7. The summed E-state index contributed by atoms with van der Waals surface area (Å²) in [4.78, 5) is 28.2. The van der Waals surface area contributed by atoms with Crippen LogP contribution < -0.4 is 4.90 Å². The van der Waals surface area contributed by atoms with E-state index in [2.05, 4.69) is 0 Å². The molecular weight excluding hydrogens is 441 g/mol. The maximum atomic E-state index is 13.6. The van der Waals surface area contributed by atoms with Gasteiger partial charge >= 0.3 is 7.12 Å². The molecule has 2 aliphatic heterocycles. The number of phenols is 1. The fraction of sp³-hybridized carbons (Fsp3) is 0.357. The van der Waals surface area contributed by atoms with E-state index < -0.39 is 19.0 Å². The zero-order valence-corrected chi connectivity index (χ0v) is 20.1. The smallest absolute Gasteiger partial charge is 0.455 e. The van der Waals surface area contributed by atoms with Crippen LogP contribution in [0.3, 0.4) is 0 Å². The Morgan fingerprint density at radius 1 is 1.09 bits per heavy atom. The highest BCUT2D eigenvalue weighted by Crippen LogP contribution is 2.51. The molecule has 2 amide bonds. The molecule has 180 valence electrons. The van der Waals surface area contributed by atoms with Gasteiger partial charge in [0.05, 0.1) is 23.6 Å². The van der Waals surface area contributed by atoms with Crippen molar-refractivity contribution in [3.8, 4) is 5.75 Å². The van der Waals surface area contributed by atoms with Gasteiger partial charge in [-0.15, -0.1) is 0 Å². The van der Waals surface area contributed by atoms with Crippen LogP contribution in [-0.2, 0) is 14.2 Å². The van der Waals surface area contributed by atoms with Gasteiger partial charge in [-0.05, 0) is 69.1 Å². The summed E-state index contributed by atoms with van der Waals surface area (Å²) < 4.78 is 5.98. The van der Waals surface area contributed by atoms with E-state index in [9.17, 15) is 19.7 Å². The molecule has 2 aromatic carbocycles.